The van der Waals surface area contributed by atoms with Crippen LogP contribution >= 0.6 is 12.3 Å². The van der Waals surface area contributed by atoms with Crippen molar-refractivity contribution in [1.29, 1.82) is 5.26 Å². The van der Waals surface area contributed by atoms with Crippen LogP contribution in [-0.4, -0.2) is 20.0 Å². The van der Waals surface area contributed by atoms with Crippen molar-refractivity contribution >= 4 is 29.2 Å². The molecule has 1 saturated carbocycles. The summed E-state index contributed by atoms with van der Waals surface area (Å²) in [6.45, 7) is 8.25. The van der Waals surface area contributed by atoms with Crippen molar-refractivity contribution in [1.82, 2.24) is 13.9 Å². The monoisotopic (exact) mass is 481 g/mol. The molecular formula is C23H27F4N5S. The minimum absolute atomic E-state index is 0.107. The topological polar surface area (TPSA) is 66.5 Å². The van der Waals surface area contributed by atoms with Crippen molar-refractivity contribution in [3.05, 3.63) is 41.7 Å². The average molecular weight is 482 g/mol. The molecule has 2 heterocycles. The smallest absolute Gasteiger partial charge is 0.351 e. The third-order valence-electron chi connectivity index (χ3n) is 4.76. The number of rotatable bonds is 4. The first-order valence-corrected chi connectivity index (χ1v) is 11.5. The SMILES string of the molecule is CC.CCC.N#Cc1ccc2c(-c3nc(NC4CCC4)ncc3C(F)(F)F)cn(SF)c2c1. The summed E-state index contributed by atoms with van der Waals surface area (Å²) >= 11 is -0.159. The van der Waals surface area contributed by atoms with E-state index in [1.165, 1.54) is 30.8 Å². The molecule has 33 heavy (non-hydrogen) atoms. The fourth-order valence-corrected chi connectivity index (χ4v) is 3.48. The number of benzene rings is 1. The minimum Gasteiger partial charge on any atom is -0.351 e. The molecule has 5 nitrogen and oxygen atoms in total. The number of fused-ring (bicyclic) bond motifs is 1. The maximum atomic E-state index is 13.6. The molecule has 178 valence electrons. The minimum atomic E-state index is -4.67. The van der Waals surface area contributed by atoms with E-state index < -0.39 is 11.7 Å². The zero-order valence-corrected chi connectivity index (χ0v) is 19.8. The van der Waals surface area contributed by atoms with E-state index in [9.17, 15) is 17.1 Å². The molecule has 0 bridgehead atoms. The highest BCUT2D eigenvalue weighted by molar-refractivity contribution is 7.92. The number of aromatic nitrogens is 3. The Balaban J connectivity index is 0.000000714. The number of nitriles is 1. The van der Waals surface area contributed by atoms with E-state index in [1.807, 2.05) is 19.9 Å². The van der Waals surface area contributed by atoms with E-state index in [2.05, 4.69) is 29.1 Å². The van der Waals surface area contributed by atoms with Gasteiger partial charge in [0.1, 0.15) is 5.56 Å². The Hall–Kier alpha value is -2.80. The van der Waals surface area contributed by atoms with E-state index in [4.69, 9.17) is 5.26 Å². The predicted octanol–water partition coefficient (Wildman–Crippen LogP) is 7.78. The molecule has 2 aromatic heterocycles. The summed E-state index contributed by atoms with van der Waals surface area (Å²) in [6, 6.07) is 6.48. The van der Waals surface area contributed by atoms with Crippen molar-refractivity contribution < 1.29 is 17.1 Å². The van der Waals surface area contributed by atoms with Gasteiger partial charge in [-0.1, -0.05) is 40.2 Å². The Morgan fingerprint density at radius 2 is 1.91 bits per heavy atom. The number of nitrogens with one attached hydrogen (secondary N) is 1. The molecule has 1 aliphatic carbocycles. The fourth-order valence-electron chi connectivity index (χ4n) is 3.11. The van der Waals surface area contributed by atoms with Crippen LogP contribution in [0.2, 0.25) is 0 Å². The van der Waals surface area contributed by atoms with Gasteiger partial charge in [-0.3, -0.25) is 3.97 Å². The Morgan fingerprint density at radius 3 is 2.42 bits per heavy atom. The Morgan fingerprint density at radius 1 is 1.24 bits per heavy atom. The summed E-state index contributed by atoms with van der Waals surface area (Å²) < 4.78 is 55.2. The van der Waals surface area contributed by atoms with Gasteiger partial charge < -0.3 is 5.32 Å². The van der Waals surface area contributed by atoms with Crippen LogP contribution in [0.25, 0.3) is 22.2 Å². The van der Waals surface area contributed by atoms with E-state index in [0.29, 0.717) is 10.9 Å². The van der Waals surface area contributed by atoms with Crippen LogP contribution in [0.4, 0.5) is 23.0 Å². The van der Waals surface area contributed by atoms with Gasteiger partial charge in [0.25, 0.3) is 0 Å². The molecule has 0 unspecified atom stereocenters. The quantitative estimate of drug-likeness (QED) is 0.386. The van der Waals surface area contributed by atoms with Crippen LogP contribution in [0.5, 0.6) is 0 Å². The Kier molecular flexibility index (Phi) is 9.53. The lowest BCUT2D eigenvalue weighted by Gasteiger charge is -2.26. The van der Waals surface area contributed by atoms with E-state index >= 15 is 0 Å². The molecule has 0 spiro atoms. The number of hydrogen-bond acceptors (Lipinski definition) is 5. The molecule has 1 fully saturated rings. The first-order chi connectivity index (χ1) is 15.8. The third kappa shape index (κ3) is 6.16. The number of nitrogens with zero attached hydrogens (tertiary/aromatic N) is 4. The molecule has 1 aliphatic rings. The number of anilines is 1. The second-order valence-corrected chi connectivity index (χ2v) is 7.75. The summed E-state index contributed by atoms with van der Waals surface area (Å²) in [7, 11) is 0. The molecule has 1 aromatic carbocycles. The van der Waals surface area contributed by atoms with E-state index in [-0.39, 0.29) is 41.1 Å². The van der Waals surface area contributed by atoms with Gasteiger partial charge in [0.2, 0.25) is 5.95 Å². The molecular weight excluding hydrogens is 454 g/mol. The number of halogens is 4. The molecule has 0 amide bonds. The lowest BCUT2D eigenvalue weighted by atomic mass is 9.93. The maximum Gasteiger partial charge on any atom is 0.419 e. The van der Waals surface area contributed by atoms with Gasteiger partial charge in [-0.15, -0.1) is 3.89 Å². The van der Waals surface area contributed by atoms with Crippen LogP contribution in [-0.2, 0) is 6.18 Å². The van der Waals surface area contributed by atoms with Gasteiger partial charge in [-0.2, -0.15) is 18.4 Å². The Labute approximate surface area is 195 Å². The molecule has 4 rings (SSSR count). The van der Waals surface area contributed by atoms with Crippen molar-refractivity contribution in [2.45, 2.75) is 65.6 Å². The molecule has 1 N–H and O–H groups in total. The second-order valence-electron chi connectivity index (χ2n) is 7.21. The third-order valence-corrected chi connectivity index (χ3v) is 5.21. The van der Waals surface area contributed by atoms with Gasteiger partial charge in [0.05, 0.1) is 22.8 Å². The van der Waals surface area contributed by atoms with E-state index in [1.54, 1.807) is 0 Å². The highest BCUT2D eigenvalue weighted by Crippen LogP contribution is 2.40. The molecule has 0 saturated heterocycles. The van der Waals surface area contributed by atoms with Crippen molar-refractivity contribution in [3.63, 3.8) is 0 Å². The van der Waals surface area contributed by atoms with Crippen molar-refractivity contribution in [2.24, 2.45) is 0 Å². The highest BCUT2D eigenvalue weighted by atomic mass is 32.2. The zero-order chi connectivity index (χ0) is 24.6. The van der Waals surface area contributed by atoms with Crippen LogP contribution in [0, 0.1) is 11.3 Å². The zero-order valence-electron chi connectivity index (χ0n) is 19.0. The van der Waals surface area contributed by atoms with Gasteiger partial charge >= 0.3 is 6.18 Å². The predicted molar refractivity (Wildman–Crippen MR) is 125 cm³/mol. The molecule has 3 aromatic rings. The Bertz CT molecular complexity index is 1100. The standard InChI is InChI=1S/C18H13F4N5S.C3H8.C2H6/c19-18(20,21)14-8-24-17(25-11-2-1-3-11)26-16(14)13-9-27(28-22)15-6-10(7-23)4-5-12(13)15;1-3-2;1-2/h4-6,8-9,11H,1-3H2,(H,24,25,26);3H2,1-2H3;1-2H3. The van der Waals surface area contributed by atoms with Gasteiger partial charge in [-0.25, -0.2) is 9.97 Å². The second kappa shape index (κ2) is 11.9. The molecule has 0 atom stereocenters. The van der Waals surface area contributed by atoms with Gasteiger partial charge in [0.15, 0.2) is 12.3 Å². The number of hydrogen-bond donors (Lipinski definition) is 1. The van der Waals surface area contributed by atoms with Gasteiger partial charge in [0, 0.05) is 29.4 Å². The first-order valence-electron chi connectivity index (χ1n) is 10.9. The summed E-state index contributed by atoms with van der Waals surface area (Å²) in [5, 5.41) is 12.4. The first kappa shape index (κ1) is 26.5. The summed E-state index contributed by atoms with van der Waals surface area (Å²) in [4.78, 5) is 7.94. The van der Waals surface area contributed by atoms with Crippen molar-refractivity contribution in [3.8, 4) is 17.3 Å². The highest BCUT2D eigenvalue weighted by Gasteiger charge is 2.36. The average Bonchev–Trinajstić information content (AvgIpc) is 3.15. The largest absolute Gasteiger partial charge is 0.419 e. The number of alkyl halides is 3. The van der Waals surface area contributed by atoms with Crippen LogP contribution in [0.1, 0.15) is 64.5 Å². The van der Waals surface area contributed by atoms with E-state index in [0.717, 1.165) is 29.4 Å². The van der Waals surface area contributed by atoms with Crippen LogP contribution < -0.4 is 5.32 Å². The normalized spacial score (nSPS) is 13.2. The van der Waals surface area contributed by atoms with Crippen LogP contribution in [0.3, 0.4) is 0 Å². The molecule has 0 radical (unpaired) electrons. The summed E-state index contributed by atoms with van der Waals surface area (Å²) in [6.07, 6.45) is 1.45. The lowest BCUT2D eigenvalue weighted by molar-refractivity contribution is -0.137. The lowest BCUT2D eigenvalue weighted by Crippen LogP contribution is -2.28. The van der Waals surface area contributed by atoms with Gasteiger partial charge in [-0.05, 0) is 31.4 Å². The fraction of sp³-hybridized carbons (Fsp3) is 0.435. The molecule has 0 aliphatic heterocycles. The van der Waals surface area contributed by atoms with Crippen molar-refractivity contribution in [2.75, 3.05) is 5.32 Å². The maximum absolute atomic E-state index is 13.6. The molecule has 10 heteroatoms. The van der Waals surface area contributed by atoms with Crippen LogP contribution in [0.15, 0.2) is 30.6 Å². The summed E-state index contributed by atoms with van der Waals surface area (Å²) in [5.74, 6) is 0.107. The summed E-state index contributed by atoms with van der Waals surface area (Å²) in [5.41, 5.74) is -0.637.